The van der Waals surface area contributed by atoms with Gasteiger partial charge in [-0.1, -0.05) is 16.8 Å². The molecule has 4 nitrogen and oxygen atoms in total. The number of pyridine rings is 1. The van der Waals surface area contributed by atoms with Gasteiger partial charge in [-0.15, -0.1) is 5.10 Å². The number of aromatic nitrogens is 4. The summed E-state index contributed by atoms with van der Waals surface area (Å²) in [5, 5.41) is 8.08. The first-order valence-electron chi connectivity index (χ1n) is 3.45. The molecule has 0 spiro atoms. The highest BCUT2D eigenvalue weighted by molar-refractivity contribution is 9.10. The molecular formula is C7H4BrClN4. The van der Waals surface area contributed by atoms with E-state index >= 15 is 0 Å². The third-order valence-electron chi connectivity index (χ3n) is 1.44. The number of halogens is 2. The molecule has 0 atom stereocenters. The van der Waals surface area contributed by atoms with Crippen molar-refractivity contribution in [1.29, 1.82) is 0 Å². The van der Waals surface area contributed by atoms with Gasteiger partial charge in [0.1, 0.15) is 9.76 Å². The third-order valence-corrected chi connectivity index (χ3v) is 2.01. The molecule has 0 aliphatic rings. The molecule has 2 heterocycles. The predicted octanol–water partition coefficient (Wildman–Crippen LogP) is 2.08. The lowest BCUT2D eigenvalue weighted by Crippen LogP contribution is -1.94. The molecule has 0 N–H and O–H groups in total. The zero-order chi connectivity index (χ0) is 9.26. The van der Waals surface area contributed by atoms with Crippen LogP contribution in [0.2, 0.25) is 5.15 Å². The standard InChI is InChI=1S/C7H4BrClN4/c8-6-4-13(12-11-6)5-1-2-10-7(9)3-5/h1-4H. The van der Waals surface area contributed by atoms with E-state index in [0.29, 0.717) is 9.76 Å². The summed E-state index contributed by atoms with van der Waals surface area (Å²) in [5.74, 6) is 0. The Hall–Kier alpha value is -0.940. The zero-order valence-corrected chi connectivity index (χ0v) is 8.70. The largest absolute Gasteiger partial charge is 0.244 e. The van der Waals surface area contributed by atoms with Gasteiger partial charge in [-0.05, 0) is 22.0 Å². The fourth-order valence-corrected chi connectivity index (χ4v) is 1.34. The Morgan fingerprint density at radius 2 is 2.31 bits per heavy atom. The molecule has 0 radical (unpaired) electrons. The highest BCUT2D eigenvalue weighted by Crippen LogP contribution is 2.12. The van der Waals surface area contributed by atoms with Crippen LogP contribution in [0.15, 0.2) is 29.1 Å². The smallest absolute Gasteiger partial charge is 0.148 e. The molecule has 2 aromatic rings. The Labute approximate surface area is 87.7 Å². The van der Waals surface area contributed by atoms with E-state index in [4.69, 9.17) is 11.6 Å². The second kappa shape index (κ2) is 3.43. The third kappa shape index (κ3) is 1.87. The minimum Gasteiger partial charge on any atom is -0.244 e. The lowest BCUT2D eigenvalue weighted by Gasteiger charge is -1.98. The molecule has 0 aliphatic heterocycles. The average Bonchev–Trinajstić information content (AvgIpc) is 2.52. The van der Waals surface area contributed by atoms with E-state index in [0.717, 1.165) is 5.69 Å². The molecular weight excluding hydrogens is 255 g/mol. The van der Waals surface area contributed by atoms with Crippen LogP contribution in [0.25, 0.3) is 5.69 Å². The number of hydrogen-bond donors (Lipinski definition) is 0. The van der Waals surface area contributed by atoms with Gasteiger partial charge in [0.05, 0.1) is 11.9 Å². The van der Waals surface area contributed by atoms with Gasteiger partial charge in [0.15, 0.2) is 0 Å². The van der Waals surface area contributed by atoms with Crippen molar-refractivity contribution in [2.75, 3.05) is 0 Å². The van der Waals surface area contributed by atoms with Crippen molar-refractivity contribution in [3.63, 3.8) is 0 Å². The lowest BCUT2D eigenvalue weighted by molar-refractivity contribution is 0.800. The molecule has 0 fully saturated rings. The Morgan fingerprint density at radius 3 is 2.92 bits per heavy atom. The monoisotopic (exact) mass is 258 g/mol. The molecule has 0 unspecified atom stereocenters. The Kier molecular flexibility index (Phi) is 2.28. The molecule has 13 heavy (non-hydrogen) atoms. The number of hydrogen-bond acceptors (Lipinski definition) is 3. The predicted molar refractivity (Wildman–Crippen MR) is 51.9 cm³/mol. The van der Waals surface area contributed by atoms with Crippen LogP contribution in [0.4, 0.5) is 0 Å². The maximum atomic E-state index is 5.72. The van der Waals surface area contributed by atoms with Gasteiger partial charge < -0.3 is 0 Å². The molecule has 0 saturated heterocycles. The van der Waals surface area contributed by atoms with Crippen molar-refractivity contribution in [2.45, 2.75) is 0 Å². The topological polar surface area (TPSA) is 43.6 Å². The first kappa shape index (κ1) is 8.65. The van der Waals surface area contributed by atoms with Crippen LogP contribution in [-0.2, 0) is 0 Å². The highest BCUT2D eigenvalue weighted by Gasteiger charge is 2.00. The van der Waals surface area contributed by atoms with Crippen molar-refractivity contribution < 1.29 is 0 Å². The van der Waals surface area contributed by atoms with Gasteiger partial charge in [-0.2, -0.15) is 0 Å². The van der Waals surface area contributed by atoms with Gasteiger partial charge in [0, 0.05) is 12.3 Å². The van der Waals surface area contributed by atoms with Crippen LogP contribution >= 0.6 is 27.5 Å². The summed E-state index contributed by atoms with van der Waals surface area (Å²) in [6.45, 7) is 0. The minimum absolute atomic E-state index is 0.434. The van der Waals surface area contributed by atoms with E-state index < -0.39 is 0 Å². The fraction of sp³-hybridized carbons (Fsp3) is 0. The van der Waals surface area contributed by atoms with Crippen molar-refractivity contribution in [1.82, 2.24) is 20.0 Å². The summed E-state index contributed by atoms with van der Waals surface area (Å²) >= 11 is 8.92. The van der Waals surface area contributed by atoms with Gasteiger partial charge in [-0.3, -0.25) is 0 Å². The minimum atomic E-state index is 0.434. The molecule has 6 heteroatoms. The second-order valence-electron chi connectivity index (χ2n) is 2.32. The Balaban J connectivity index is 2.46. The normalized spacial score (nSPS) is 10.3. The van der Waals surface area contributed by atoms with E-state index in [9.17, 15) is 0 Å². The summed E-state index contributed by atoms with van der Waals surface area (Å²) in [6, 6.07) is 3.51. The molecule has 0 aromatic carbocycles. The van der Waals surface area contributed by atoms with Crippen molar-refractivity contribution in [2.24, 2.45) is 0 Å². The summed E-state index contributed by atoms with van der Waals surface area (Å²) in [4.78, 5) is 3.86. The van der Waals surface area contributed by atoms with Crippen LogP contribution in [0.5, 0.6) is 0 Å². The first-order valence-corrected chi connectivity index (χ1v) is 4.62. The Bertz CT molecular complexity index is 428. The molecule has 0 saturated carbocycles. The summed E-state index contributed by atoms with van der Waals surface area (Å²) < 4.78 is 2.29. The van der Waals surface area contributed by atoms with Gasteiger partial charge in [0.25, 0.3) is 0 Å². The maximum Gasteiger partial charge on any atom is 0.148 e. The number of rotatable bonds is 1. The van der Waals surface area contributed by atoms with Crippen LogP contribution in [-0.4, -0.2) is 20.0 Å². The van der Waals surface area contributed by atoms with E-state index in [-0.39, 0.29) is 0 Å². The molecule has 2 aromatic heterocycles. The molecule has 0 aliphatic carbocycles. The summed E-state index contributed by atoms with van der Waals surface area (Å²) in [6.07, 6.45) is 3.36. The molecule has 0 bridgehead atoms. The average molecular weight is 259 g/mol. The van der Waals surface area contributed by atoms with Crippen molar-refractivity contribution in [3.8, 4) is 5.69 Å². The number of nitrogens with zero attached hydrogens (tertiary/aromatic N) is 4. The van der Waals surface area contributed by atoms with Crippen LogP contribution in [0, 0.1) is 0 Å². The maximum absolute atomic E-state index is 5.72. The van der Waals surface area contributed by atoms with Gasteiger partial charge >= 0.3 is 0 Å². The van der Waals surface area contributed by atoms with Crippen LogP contribution < -0.4 is 0 Å². The quantitative estimate of drug-likeness (QED) is 0.737. The fourth-order valence-electron chi connectivity index (χ4n) is 0.904. The summed E-state index contributed by atoms with van der Waals surface area (Å²) in [7, 11) is 0. The molecule has 2 rings (SSSR count). The van der Waals surface area contributed by atoms with Crippen molar-refractivity contribution in [3.05, 3.63) is 34.3 Å². The van der Waals surface area contributed by atoms with E-state index in [2.05, 4.69) is 31.2 Å². The molecule has 66 valence electrons. The van der Waals surface area contributed by atoms with Gasteiger partial charge in [0.2, 0.25) is 0 Å². The van der Waals surface area contributed by atoms with Crippen molar-refractivity contribution >= 4 is 27.5 Å². The first-order chi connectivity index (χ1) is 6.25. The highest BCUT2D eigenvalue weighted by atomic mass is 79.9. The van der Waals surface area contributed by atoms with Crippen LogP contribution in [0.1, 0.15) is 0 Å². The lowest BCUT2D eigenvalue weighted by atomic mass is 10.4. The second-order valence-corrected chi connectivity index (χ2v) is 3.52. The van der Waals surface area contributed by atoms with E-state index in [1.807, 2.05) is 0 Å². The molecule has 0 amide bonds. The SMILES string of the molecule is Clc1cc(-n2cc(Br)nn2)ccn1. The van der Waals surface area contributed by atoms with Crippen LogP contribution in [0.3, 0.4) is 0 Å². The summed E-state index contributed by atoms with van der Waals surface area (Å²) in [5.41, 5.74) is 0.832. The zero-order valence-electron chi connectivity index (χ0n) is 6.35. The van der Waals surface area contributed by atoms with E-state index in [1.54, 1.807) is 29.2 Å². The van der Waals surface area contributed by atoms with E-state index in [1.165, 1.54) is 0 Å². The Morgan fingerprint density at radius 1 is 1.46 bits per heavy atom. The van der Waals surface area contributed by atoms with Gasteiger partial charge in [-0.25, -0.2) is 9.67 Å².